The second-order valence-electron chi connectivity index (χ2n) is 7.27. The van der Waals surface area contributed by atoms with Crippen molar-refractivity contribution in [2.45, 2.75) is 43.9 Å². The van der Waals surface area contributed by atoms with Crippen molar-refractivity contribution in [1.82, 2.24) is 10.2 Å². The predicted molar refractivity (Wildman–Crippen MR) is 90.8 cm³/mol. The molecule has 0 aromatic heterocycles. The highest BCUT2D eigenvalue weighted by Crippen LogP contribution is 2.46. The lowest BCUT2D eigenvalue weighted by Crippen LogP contribution is -2.55. The van der Waals surface area contributed by atoms with Gasteiger partial charge < -0.3 is 19.7 Å². The number of carbonyl (C=O) groups is 1. The summed E-state index contributed by atoms with van der Waals surface area (Å²) < 4.78 is 11.5. The highest BCUT2D eigenvalue weighted by atomic mass is 16.5. The van der Waals surface area contributed by atoms with Gasteiger partial charge in [0, 0.05) is 13.1 Å². The molecule has 1 saturated carbocycles. The molecule has 2 saturated heterocycles. The molecule has 2 aliphatic heterocycles. The number of benzene rings is 1. The normalized spacial score (nSPS) is 26.6. The molecule has 1 amide bonds. The minimum Gasteiger partial charge on any atom is -0.497 e. The third-order valence-corrected chi connectivity index (χ3v) is 5.60. The number of rotatable bonds is 4. The number of hydrogen-bond acceptors (Lipinski definition) is 4. The summed E-state index contributed by atoms with van der Waals surface area (Å²) in [6.07, 6.45) is 4.24. The van der Waals surface area contributed by atoms with Crippen molar-refractivity contribution in [3.63, 3.8) is 0 Å². The molecule has 24 heavy (non-hydrogen) atoms. The molecular weight excluding hydrogens is 304 g/mol. The minimum absolute atomic E-state index is 0.184. The lowest BCUT2D eigenvalue weighted by atomic mass is 9.90. The Labute approximate surface area is 143 Å². The van der Waals surface area contributed by atoms with Gasteiger partial charge in [0.1, 0.15) is 11.4 Å². The molecule has 2 heterocycles. The Morgan fingerprint density at radius 2 is 1.96 bits per heavy atom. The van der Waals surface area contributed by atoms with Crippen LogP contribution >= 0.6 is 0 Å². The second-order valence-corrected chi connectivity index (χ2v) is 7.27. The third-order valence-electron chi connectivity index (χ3n) is 5.60. The van der Waals surface area contributed by atoms with Gasteiger partial charge in [0.05, 0.1) is 13.2 Å². The van der Waals surface area contributed by atoms with Crippen molar-refractivity contribution in [2.24, 2.45) is 5.92 Å². The molecule has 5 heteroatoms. The fourth-order valence-corrected chi connectivity index (χ4v) is 3.96. The van der Waals surface area contributed by atoms with Crippen LogP contribution in [0.1, 0.15) is 31.2 Å². The van der Waals surface area contributed by atoms with E-state index in [1.165, 1.54) is 0 Å². The van der Waals surface area contributed by atoms with Crippen LogP contribution in [-0.2, 0) is 16.1 Å². The first-order valence-electron chi connectivity index (χ1n) is 9.01. The first-order chi connectivity index (χ1) is 11.7. The average Bonchev–Trinajstić information content (AvgIpc) is 3.40. The molecule has 1 atom stereocenters. The molecule has 1 aliphatic carbocycles. The van der Waals surface area contributed by atoms with E-state index in [-0.39, 0.29) is 12.0 Å². The second kappa shape index (κ2) is 6.37. The molecule has 4 rings (SSSR count). The van der Waals surface area contributed by atoms with Crippen molar-refractivity contribution in [2.75, 3.05) is 26.7 Å². The molecule has 0 radical (unpaired) electrons. The van der Waals surface area contributed by atoms with Gasteiger partial charge in [-0.3, -0.25) is 4.79 Å². The van der Waals surface area contributed by atoms with Crippen LogP contribution in [-0.4, -0.2) is 49.3 Å². The summed E-state index contributed by atoms with van der Waals surface area (Å²) in [5.74, 6) is 1.59. The van der Waals surface area contributed by atoms with Gasteiger partial charge in [-0.1, -0.05) is 12.1 Å². The number of ether oxygens (including phenoxy) is 2. The summed E-state index contributed by atoms with van der Waals surface area (Å²) in [6, 6.07) is 8.00. The topological polar surface area (TPSA) is 50.8 Å². The zero-order chi connectivity index (χ0) is 16.6. The zero-order valence-corrected chi connectivity index (χ0v) is 14.3. The molecule has 1 aromatic rings. The Balaban J connectivity index is 1.48. The molecule has 3 aliphatic rings. The van der Waals surface area contributed by atoms with E-state index in [9.17, 15) is 4.79 Å². The van der Waals surface area contributed by atoms with E-state index in [1.54, 1.807) is 7.11 Å². The predicted octanol–water partition coefficient (Wildman–Crippen LogP) is 1.95. The molecule has 1 N–H and O–H groups in total. The molecule has 1 aromatic carbocycles. The van der Waals surface area contributed by atoms with Crippen molar-refractivity contribution in [3.05, 3.63) is 29.8 Å². The Morgan fingerprint density at radius 1 is 1.25 bits per heavy atom. The van der Waals surface area contributed by atoms with Crippen molar-refractivity contribution >= 4 is 5.91 Å². The van der Waals surface area contributed by atoms with E-state index < -0.39 is 5.60 Å². The monoisotopic (exact) mass is 330 g/mol. The van der Waals surface area contributed by atoms with Gasteiger partial charge in [0.2, 0.25) is 0 Å². The fraction of sp³-hybridized carbons (Fsp3) is 0.632. The lowest BCUT2D eigenvalue weighted by Gasteiger charge is -2.42. The van der Waals surface area contributed by atoms with Gasteiger partial charge in [-0.2, -0.15) is 0 Å². The van der Waals surface area contributed by atoms with E-state index in [0.29, 0.717) is 12.5 Å². The van der Waals surface area contributed by atoms with E-state index in [4.69, 9.17) is 9.47 Å². The number of piperidine rings is 1. The standard InChI is InChI=1S/C19H26N2O3/c1-23-16-4-2-14(3-5-16)12-21-13-17(15-6-10-20-11-7-15)24-19(8-9-19)18(21)22/h2-5,15,17,20H,6-13H2,1H3. The SMILES string of the molecule is COc1ccc(CN2CC(C3CCNCC3)OC3(CC3)C2=O)cc1. The average molecular weight is 330 g/mol. The maximum Gasteiger partial charge on any atom is 0.255 e. The molecular formula is C19H26N2O3. The number of carbonyl (C=O) groups excluding carboxylic acids is 1. The van der Waals surface area contributed by atoms with Gasteiger partial charge in [-0.25, -0.2) is 0 Å². The molecule has 0 bridgehead atoms. The van der Waals surface area contributed by atoms with Gasteiger partial charge in [-0.05, 0) is 62.4 Å². The Hall–Kier alpha value is -1.59. The van der Waals surface area contributed by atoms with Crippen LogP contribution < -0.4 is 10.1 Å². The van der Waals surface area contributed by atoms with Crippen molar-refractivity contribution < 1.29 is 14.3 Å². The van der Waals surface area contributed by atoms with Crippen LogP contribution in [0.2, 0.25) is 0 Å². The van der Waals surface area contributed by atoms with Gasteiger partial charge in [-0.15, -0.1) is 0 Å². The van der Waals surface area contributed by atoms with E-state index in [1.807, 2.05) is 29.2 Å². The van der Waals surface area contributed by atoms with Crippen molar-refractivity contribution in [1.29, 1.82) is 0 Å². The molecule has 3 fully saturated rings. The van der Waals surface area contributed by atoms with Crippen LogP contribution in [0.3, 0.4) is 0 Å². The summed E-state index contributed by atoms with van der Waals surface area (Å²) in [7, 11) is 1.67. The first-order valence-corrected chi connectivity index (χ1v) is 9.01. The van der Waals surface area contributed by atoms with Gasteiger partial charge >= 0.3 is 0 Å². The van der Waals surface area contributed by atoms with Crippen LogP contribution in [0.15, 0.2) is 24.3 Å². The molecule has 1 spiro atoms. The largest absolute Gasteiger partial charge is 0.497 e. The first kappa shape index (κ1) is 15.9. The maximum atomic E-state index is 12.8. The summed E-state index contributed by atoms with van der Waals surface area (Å²) in [4.78, 5) is 14.8. The number of methoxy groups -OCH3 is 1. The third kappa shape index (κ3) is 3.03. The summed E-state index contributed by atoms with van der Waals surface area (Å²) >= 11 is 0. The molecule has 5 nitrogen and oxygen atoms in total. The number of nitrogens with one attached hydrogen (secondary N) is 1. The Kier molecular flexibility index (Phi) is 4.22. The van der Waals surface area contributed by atoms with Crippen LogP contribution in [0.5, 0.6) is 5.75 Å². The lowest BCUT2D eigenvalue weighted by molar-refractivity contribution is -0.175. The van der Waals surface area contributed by atoms with Gasteiger partial charge in [0.15, 0.2) is 0 Å². The highest BCUT2D eigenvalue weighted by Gasteiger charge is 2.58. The van der Waals surface area contributed by atoms with Crippen LogP contribution in [0, 0.1) is 5.92 Å². The summed E-state index contributed by atoms with van der Waals surface area (Å²) in [5, 5.41) is 3.41. The Bertz CT molecular complexity index is 591. The van der Waals surface area contributed by atoms with Crippen LogP contribution in [0.4, 0.5) is 0 Å². The Morgan fingerprint density at radius 3 is 2.58 bits per heavy atom. The summed E-state index contributed by atoms with van der Waals surface area (Å²) in [5.41, 5.74) is 0.645. The number of nitrogens with zero attached hydrogens (tertiary/aromatic N) is 1. The van der Waals surface area contributed by atoms with Crippen LogP contribution in [0.25, 0.3) is 0 Å². The smallest absolute Gasteiger partial charge is 0.255 e. The fourth-order valence-electron chi connectivity index (χ4n) is 3.96. The maximum absolute atomic E-state index is 12.8. The highest BCUT2D eigenvalue weighted by molar-refractivity contribution is 5.88. The van der Waals surface area contributed by atoms with E-state index in [0.717, 1.165) is 56.6 Å². The number of amides is 1. The zero-order valence-electron chi connectivity index (χ0n) is 14.3. The van der Waals surface area contributed by atoms with Gasteiger partial charge in [0.25, 0.3) is 5.91 Å². The van der Waals surface area contributed by atoms with E-state index in [2.05, 4.69) is 5.32 Å². The number of morpholine rings is 1. The number of hydrogen-bond donors (Lipinski definition) is 1. The summed E-state index contributed by atoms with van der Waals surface area (Å²) in [6.45, 7) is 3.50. The molecule has 130 valence electrons. The van der Waals surface area contributed by atoms with E-state index >= 15 is 0 Å². The molecule has 1 unspecified atom stereocenters. The quantitative estimate of drug-likeness (QED) is 0.917. The van der Waals surface area contributed by atoms with Crippen molar-refractivity contribution in [3.8, 4) is 5.75 Å². The minimum atomic E-state index is -0.500.